The lowest BCUT2D eigenvalue weighted by atomic mass is 10.0. The summed E-state index contributed by atoms with van der Waals surface area (Å²) in [7, 11) is 0. The van der Waals surface area contributed by atoms with Gasteiger partial charge in [-0.25, -0.2) is 15.0 Å². The van der Waals surface area contributed by atoms with Crippen LogP contribution in [0.5, 0.6) is 0 Å². The molecule has 0 fully saturated rings. The predicted molar refractivity (Wildman–Crippen MR) is 260 cm³/mol. The van der Waals surface area contributed by atoms with Crippen molar-refractivity contribution in [1.82, 2.24) is 24.1 Å². The minimum absolute atomic E-state index is 0.577. The second-order valence-corrected chi connectivity index (χ2v) is 15.7. The van der Waals surface area contributed by atoms with Crippen LogP contribution in [0.15, 0.2) is 218 Å². The summed E-state index contributed by atoms with van der Waals surface area (Å²) >= 11 is 0. The Morgan fingerprint density at radius 1 is 0.460 bits per heavy atom. The molecule has 63 heavy (non-hydrogen) atoms. The van der Waals surface area contributed by atoms with Crippen LogP contribution in [0, 0.1) is 0 Å². The molecule has 6 heteroatoms. The SMILES string of the molecule is C=C/C=C(\C=C)c1ccc2c3ccccc3n(-c3cccc4c5ccc6c7ccc(-c8nc(-c9ccccc9)nc(-c9ccccc9)n8)cc7oc6c5n(-c5ccccc5)c34)c2c1. The normalized spacial score (nSPS) is 12.0. The van der Waals surface area contributed by atoms with E-state index in [9.17, 15) is 0 Å². The summed E-state index contributed by atoms with van der Waals surface area (Å²) in [6.45, 7) is 8.08. The number of furan rings is 1. The molecule has 0 radical (unpaired) electrons. The Morgan fingerprint density at radius 2 is 1.05 bits per heavy atom. The lowest BCUT2D eigenvalue weighted by Crippen LogP contribution is -2.00. The average molecular weight is 808 g/mol. The van der Waals surface area contributed by atoms with Crippen LogP contribution in [0.25, 0.3) is 117 Å². The standard InChI is InChI=1S/C57H37N5O/c1-3-17-36(4-2)39-28-30-43-42-24-14-15-26-48(42)62(50(43)34-39)49-27-16-25-45-46-32-33-47-44-31-29-40(35-51(44)63-54(47)53(46)61(52(45)49)41-22-12-7-13-23-41)57-59-55(37-18-8-5-9-19-37)58-56(60-57)38-20-10-6-11-21-38/h3-35H,1-2H2/b36-17+. The number of fused-ring (bicyclic) bond motifs is 10. The zero-order chi connectivity index (χ0) is 42.0. The van der Waals surface area contributed by atoms with Crippen molar-refractivity contribution in [3.8, 4) is 45.5 Å². The van der Waals surface area contributed by atoms with Crippen molar-refractivity contribution in [3.05, 3.63) is 219 Å². The van der Waals surface area contributed by atoms with E-state index < -0.39 is 0 Å². The van der Waals surface area contributed by atoms with Gasteiger partial charge in [0.05, 0.1) is 27.8 Å². The Hall–Kier alpha value is -8.61. The second-order valence-electron chi connectivity index (χ2n) is 15.7. The highest BCUT2D eigenvalue weighted by Crippen LogP contribution is 2.44. The number of aromatic nitrogens is 5. The topological polar surface area (TPSA) is 61.7 Å². The maximum Gasteiger partial charge on any atom is 0.164 e. The first-order valence-corrected chi connectivity index (χ1v) is 21.0. The van der Waals surface area contributed by atoms with Crippen molar-refractivity contribution in [3.63, 3.8) is 0 Å². The molecule has 0 saturated heterocycles. The third-order valence-corrected chi connectivity index (χ3v) is 12.1. The van der Waals surface area contributed by atoms with E-state index in [0.29, 0.717) is 17.5 Å². The lowest BCUT2D eigenvalue weighted by molar-refractivity contribution is 0.671. The van der Waals surface area contributed by atoms with Crippen LogP contribution in [-0.2, 0) is 0 Å². The number of para-hydroxylation sites is 3. The van der Waals surface area contributed by atoms with E-state index in [2.05, 4.69) is 144 Å². The minimum Gasteiger partial charge on any atom is -0.454 e. The maximum atomic E-state index is 7.08. The van der Waals surface area contributed by atoms with Crippen molar-refractivity contribution >= 4 is 71.1 Å². The first-order chi connectivity index (χ1) is 31.2. The fourth-order valence-corrected chi connectivity index (χ4v) is 9.27. The molecule has 0 aliphatic rings. The molecule has 0 atom stereocenters. The van der Waals surface area contributed by atoms with Crippen molar-refractivity contribution in [2.75, 3.05) is 0 Å². The van der Waals surface area contributed by atoms with Gasteiger partial charge < -0.3 is 13.6 Å². The van der Waals surface area contributed by atoms with E-state index in [1.807, 2.05) is 78.9 Å². The highest BCUT2D eigenvalue weighted by molar-refractivity contribution is 6.23. The molecule has 12 aromatic rings. The van der Waals surface area contributed by atoms with Crippen molar-refractivity contribution in [2.45, 2.75) is 0 Å². The first kappa shape index (κ1) is 36.3. The molecule has 6 nitrogen and oxygen atoms in total. The molecular weight excluding hydrogens is 771 g/mol. The molecule has 4 aromatic heterocycles. The molecule has 4 heterocycles. The molecule has 0 aliphatic carbocycles. The molecule has 8 aromatic carbocycles. The van der Waals surface area contributed by atoms with Gasteiger partial charge in [0, 0.05) is 54.7 Å². The van der Waals surface area contributed by atoms with Crippen LogP contribution in [0.4, 0.5) is 0 Å². The molecule has 0 amide bonds. The Bertz CT molecular complexity index is 3760. The van der Waals surface area contributed by atoms with Gasteiger partial charge in [-0.3, -0.25) is 0 Å². The highest BCUT2D eigenvalue weighted by Gasteiger charge is 2.24. The van der Waals surface area contributed by atoms with Gasteiger partial charge in [-0.2, -0.15) is 0 Å². The molecule has 0 aliphatic heterocycles. The van der Waals surface area contributed by atoms with Crippen LogP contribution < -0.4 is 0 Å². The molecule has 0 N–H and O–H groups in total. The van der Waals surface area contributed by atoms with E-state index in [0.717, 1.165) is 94.0 Å². The number of rotatable bonds is 8. The van der Waals surface area contributed by atoms with Crippen molar-refractivity contribution in [2.24, 2.45) is 0 Å². The molecule has 12 rings (SSSR count). The van der Waals surface area contributed by atoms with Crippen molar-refractivity contribution in [1.29, 1.82) is 0 Å². The summed E-state index contributed by atoms with van der Waals surface area (Å²) in [5.74, 6) is 1.80. The van der Waals surface area contributed by atoms with Gasteiger partial charge in [-0.15, -0.1) is 0 Å². The number of hydrogen-bond donors (Lipinski definition) is 0. The van der Waals surface area contributed by atoms with E-state index in [1.165, 1.54) is 10.8 Å². The summed E-state index contributed by atoms with van der Waals surface area (Å²) < 4.78 is 11.9. The smallest absolute Gasteiger partial charge is 0.164 e. The molecular formula is C57H37N5O. The molecule has 296 valence electrons. The largest absolute Gasteiger partial charge is 0.454 e. The first-order valence-electron chi connectivity index (χ1n) is 21.0. The number of allylic oxidation sites excluding steroid dienone is 4. The second kappa shape index (κ2) is 14.5. The average Bonchev–Trinajstić information content (AvgIpc) is 4.01. The fourth-order valence-electron chi connectivity index (χ4n) is 9.27. The Balaban J connectivity index is 1.12. The third kappa shape index (κ3) is 5.76. The Labute approximate surface area is 362 Å². The van der Waals surface area contributed by atoms with Crippen LogP contribution in [0.1, 0.15) is 5.56 Å². The quantitative estimate of drug-likeness (QED) is 0.143. The summed E-state index contributed by atoms with van der Waals surface area (Å²) in [6.07, 6.45) is 5.70. The van der Waals surface area contributed by atoms with E-state index in [1.54, 1.807) is 0 Å². The van der Waals surface area contributed by atoms with Crippen LogP contribution in [0.2, 0.25) is 0 Å². The van der Waals surface area contributed by atoms with Crippen LogP contribution >= 0.6 is 0 Å². The van der Waals surface area contributed by atoms with Crippen molar-refractivity contribution < 1.29 is 4.42 Å². The Kier molecular flexibility index (Phi) is 8.37. The molecule has 0 unspecified atom stereocenters. The predicted octanol–water partition coefficient (Wildman–Crippen LogP) is 14.7. The highest BCUT2D eigenvalue weighted by atomic mass is 16.3. The Morgan fingerprint density at radius 3 is 1.76 bits per heavy atom. The van der Waals surface area contributed by atoms with E-state index >= 15 is 0 Å². The minimum atomic E-state index is 0.577. The number of benzene rings is 8. The monoisotopic (exact) mass is 807 g/mol. The lowest BCUT2D eigenvalue weighted by Gasteiger charge is -2.14. The summed E-state index contributed by atoms with van der Waals surface area (Å²) in [5.41, 5.74) is 12.8. The van der Waals surface area contributed by atoms with Gasteiger partial charge in [-0.05, 0) is 59.7 Å². The van der Waals surface area contributed by atoms with Gasteiger partial charge in [0.1, 0.15) is 5.58 Å². The molecule has 0 bridgehead atoms. The van der Waals surface area contributed by atoms with Gasteiger partial charge in [0.15, 0.2) is 23.1 Å². The fraction of sp³-hybridized carbons (Fsp3) is 0. The van der Waals surface area contributed by atoms with Crippen LogP contribution in [0.3, 0.4) is 0 Å². The third-order valence-electron chi connectivity index (χ3n) is 12.1. The number of hydrogen-bond acceptors (Lipinski definition) is 4. The van der Waals surface area contributed by atoms with Gasteiger partial charge in [0.2, 0.25) is 0 Å². The van der Waals surface area contributed by atoms with Gasteiger partial charge >= 0.3 is 0 Å². The summed E-state index contributed by atoms with van der Waals surface area (Å²) in [6, 6.07) is 63.4. The summed E-state index contributed by atoms with van der Waals surface area (Å²) in [5, 5.41) is 6.64. The maximum absolute atomic E-state index is 7.08. The molecule has 0 saturated carbocycles. The van der Waals surface area contributed by atoms with Gasteiger partial charge in [0.25, 0.3) is 0 Å². The molecule has 0 spiro atoms. The van der Waals surface area contributed by atoms with Gasteiger partial charge in [-0.1, -0.05) is 165 Å². The zero-order valence-corrected chi connectivity index (χ0v) is 34.1. The van der Waals surface area contributed by atoms with E-state index in [-0.39, 0.29) is 0 Å². The van der Waals surface area contributed by atoms with Crippen LogP contribution in [-0.4, -0.2) is 24.1 Å². The van der Waals surface area contributed by atoms with E-state index in [4.69, 9.17) is 19.4 Å². The number of nitrogens with zero attached hydrogens (tertiary/aromatic N) is 5. The summed E-state index contributed by atoms with van der Waals surface area (Å²) in [4.78, 5) is 14.9. The zero-order valence-electron chi connectivity index (χ0n) is 34.1.